The fourth-order valence-electron chi connectivity index (χ4n) is 3.16. The molecule has 1 aromatic heterocycles. The lowest BCUT2D eigenvalue weighted by Gasteiger charge is -2.31. The highest BCUT2D eigenvalue weighted by Crippen LogP contribution is 2.14. The normalized spacial score (nSPS) is 11.8. The predicted octanol–water partition coefficient (Wildman–Crippen LogP) is 3.64. The van der Waals surface area contributed by atoms with Crippen molar-refractivity contribution in [3.63, 3.8) is 0 Å². The number of nitrogens with zero attached hydrogens (tertiary/aromatic N) is 3. The molecule has 7 heteroatoms. The monoisotopic (exact) mass is 414 g/mol. The highest BCUT2D eigenvalue weighted by molar-refractivity contribution is 5.92. The molecule has 1 aromatic carbocycles. The van der Waals surface area contributed by atoms with E-state index in [1.54, 1.807) is 16.9 Å². The highest BCUT2D eigenvalue weighted by atomic mass is 16.5. The average Bonchev–Trinajstić information content (AvgIpc) is 3.12. The second-order valence-electron chi connectivity index (χ2n) is 7.60. The zero-order chi connectivity index (χ0) is 22.1. The summed E-state index contributed by atoms with van der Waals surface area (Å²) >= 11 is 0. The number of aromatic nitrogens is 1. The molecule has 30 heavy (non-hydrogen) atoms. The molecule has 164 valence electrons. The molecule has 7 nitrogen and oxygen atoms in total. The van der Waals surface area contributed by atoms with Crippen LogP contribution in [0.1, 0.15) is 31.5 Å². The third-order valence-corrected chi connectivity index (χ3v) is 5.28. The first-order valence-corrected chi connectivity index (χ1v) is 10.4. The van der Waals surface area contributed by atoms with Gasteiger partial charge in [0.05, 0.1) is 13.2 Å². The first-order chi connectivity index (χ1) is 14.3. The zero-order valence-electron chi connectivity index (χ0n) is 18.7. The maximum Gasteiger partial charge on any atom is 0.322 e. The summed E-state index contributed by atoms with van der Waals surface area (Å²) in [5.74, 6) is -0.104. The maximum atomic E-state index is 13.2. The number of nitrogens with one attached hydrogen (secondary N) is 1. The molecule has 2 aromatic rings. The number of benzene rings is 1. The second kappa shape index (κ2) is 11.4. The number of methoxy groups -OCH3 is 1. The second-order valence-corrected chi connectivity index (χ2v) is 7.60. The van der Waals surface area contributed by atoms with Gasteiger partial charge < -0.3 is 24.4 Å². The van der Waals surface area contributed by atoms with Crippen molar-refractivity contribution in [3.8, 4) is 0 Å². The molecule has 0 spiro atoms. The van der Waals surface area contributed by atoms with Crippen LogP contribution in [0.5, 0.6) is 0 Å². The molecule has 1 heterocycles. The van der Waals surface area contributed by atoms with E-state index in [-0.39, 0.29) is 24.5 Å². The Hall–Kier alpha value is -2.80. The van der Waals surface area contributed by atoms with Gasteiger partial charge >= 0.3 is 6.03 Å². The number of carbonyl (C=O) groups is 2. The standard InChI is InChI=1S/C23H34N4O3/c1-6-19(3)27(23(29)24-20-10-7-9-18(2)15-20)17-22(28)26(13-14-30-5)16-21-11-8-12-25(21)4/h7-12,15,19H,6,13-14,16-17H2,1-5H3,(H,24,29)/t19-/m1/s1. The molecule has 0 bridgehead atoms. The number of carbonyl (C=O) groups excluding carboxylic acids is 2. The molecule has 2 rings (SSSR count). The molecule has 0 fully saturated rings. The fraction of sp³-hybridized carbons (Fsp3) is 0.478. The Morgan fingerprint density at radius 3 is 2.60 bits per heavy atom. The molecule has 0 saturated carbocycles. The van der Waals surface area contributed by atoms with Gasteiger partial charge in [-0.2, -0.15) is 0 Å². The lowest BCUT2D eigenvalue weighted by molar-refractivity contribution is -0.133. The number of ether oxygens (including phenoxy) is 1. The van der Waals surface area contributed by atoms with Gasteiger partial charge in [-0.25, -0.2) is 4.79 Å². The van der Waals surface area contributed by atoms with Gasteiger partial charge in [0.25, 0.3) is 0 Å². The molecule has 0 aliphatic carbocycles. The number of aryl methyl sites for hydroxylation is 2. The summed E-state index contributed by atoms with van der Waals surface area (Å²) in [5, 5.41) is 2.93. The number of amides is 3. The van der Waals surface area contributed by atoms with Crippen LogP contribution in [0.3, 0.4) is 0 Å². The van der Waals surface area contributed by atoms with Crippen molar-refractivity contribution in [2.75, 3.05) is 32.1 Å². The zero-order valence-corrected chi connectivity index (χ0v) is 18.7. The van der Waals surface area contributed by atoms with Gasteiger partial charge in [0.15, 0.2) is 0 Å². The van der Waals surface area contributed by atoms with Crippen LogP contribution in [0.2, 0.25) is 0 Å². The Morgan fingerprint density at radius 2 is 2.00 bits per heavy atom. The van der Waals surface area contributed by atoms with Crippen LogP contribution in [0.25, 0.3) is 0 Å². The summed E-state index contributed by atoms with van der Waals surface area (Å²) in [7, 11) is 3.57. The molecular weight excluding hydrogens is 380 g/mol. The van der Waals surface area contributed by atoms with E-state index in [1.807, 2.05) is 75.0 Å². The molecule has 0 saturated heterocycles. The number of rotatable bonds is 10. The van der Waals surface area contributed by atoms with Crippen molar-refractivity contribution in [2.45, 2.75) is 39.8 Å². The van der Waals surface area contributed by atoms with E-state index in [1.165, 1.54) is 0 Å². The summed E-state index contributed by atoms with van der Waals surface area (Å²) in [6.07, 6.45) is 2.71. The molecule has 0 aliphatic rings. The van der Waals surface area contributed by atoms with E-state index in [0.717, 1.165) is 23.4 Å². The van der Waals surface area contributed by atoms with Crippen molar-refractivity contribution in [3.05, 3.63) is 53.9 Å². The van der Waals surface area contributed by atoms with Gasteiger partial charge in [0, 0.05) is 44.3 Å². The minimum Gasteiger partial charge on any atom is -0.383 e. The number of hydrogen-bond donors (Lipinski definition) is 1. The van der Waals surface area contributed by atoms with Crippen molar-refractivity contribution in [2.24, 2.45) is 7.05 Å². The molecule has 0 aliphatic heterocycles. The lowest BCUT2D eigenvalue weighted by Crippen LogP contribution is -2.48. The smallest absolute Gasteiger partial charge is 0.322 e. The van der Waals surface area contributed by atoms with E-state index in [9.17, 15) is 9.59 Å². The largest absolute Gasteiger partial charge is 0.383 e. The van der Waals surface area contributed by atoms with Crippen LogP contribution >= 0.6 is 0 Å². The Kier molecular flexibility index (Phi) is 8.92. The number of anilines is 1. The summed E-state index contributed by atoms with van der Waals surface area (Å²) in [6.45, 7) is 7.33. The minimum absolute atomic E-state index is 0.0147. The third kappa shape index (κ3) is 6.62. The maximum absolute atomic E-state index is 13.2. The third-order valence-electron chi connectivity index (χ3n) is 5.28. The molecular formula is C23H34N4O3. The van der Waals surface area contributed by atoms with E-state index >= 15 is 0 Å². The van der Waals surface area contributed by atoms with Crippen LogP contribution in [-0.4, -0.2) is 59.2 Å². The van der Waals surface area contributed by atoms with E-state index in [2.05, 4.69) is 5.32 Å². The summed E-state index contributed by atoms with van der Waals surface area (Å²) in [5.41, 5.74) is 2.81. The van der Waals surface area contributed by atoms with Gasteiger partial charge in [0.2, 0.25) is 5.91 Å². The van der Waals surface area contributed by atoms with Crippen molar-refractivity contribution in [1.82, 2.24) is 14.4 Å². The number of urea groups is 1. The van der Waals surface area contributed by atoms with E-state index < -0.39 is 0 Å². The summed E-state index contributed by atoms with van der Waals surface area (Å²) in [6, 6.07) is 11.2. The highest BCUT2D eigenvalue weighted by Gasteiger charge is 2.25. The Morgan fingerprint density at radius 1 is 1.23 bits per heavy atom. The molecule has 3 amide bonds. The Labute approximate surface area is 179 Å². The average molecular weight is 415 g/mol. The van der Waals surface area contributed by atoms with Gasteiger partial charge in [-0.3, -0.25) is 4.79 Å². The summed E-state index contributed by atoms with van der Waals surface area (Å²) < 4.78 is 7.18. The van der Waals surface area contributed by atoms with Crippen molar-refractivity contribution >= 4 is 17.6 Å². The molecule has 0 radical (unpaired) electrons. The van der Waals surface area contributed by atoms with Gasteiger partial charge in [-0.05, 0) is 50.1 Å². The van der Waals surface area contributed by atoms with Crippen LogP contribution in [-0.2, 0) is 23.1 Å². The van der Waals surface area contributed by atoms with E-state index in [0.29, 0.717) is 19.7 Å². The van der Waals surface area contributed by atoms with E-state index in [4.69, 9.17) is 4.74 Å². The van der Waals surface area contributed by atoms with Gasteiger partial charge in [-0.15, -0.1) is 0 Å². The quantitative estimate of drug-likeness (QED) is 0.645. The van der Waals surface area contributed by atoms with Crippen molar-refractivity contribution < 1.29 is 14.3 Å². The first kappa shape index (κ1) is 23.5. The van der Waals surface area contributed by atoms with Gasteiger partial charge in [0.1, 0.15) is 6.54 Å². The Bertz CT molecular complexity index is 833. The molecule has 1 atom stereocenters. The van der Waals surface area contributed by atoms with Crippen LogP contribution < -0.4 is 5.32 Å². The molecule has 1 N–H and O–H groups in total. The number of hydrogen-bond acceptors (Lipinski definition) is 3. The van der Waals surface area contributed by atoms with Crippen molar-refractivity contribution in [1.29, 1.82) is 0 Å². The fourth-order valence-corrected chi connectivity index (χ4v) is 3.16. The molecule has 0 unspecified atom stereocenters. The predicted molar refractivity (Wildman–Crippen MR) is 119 cm³/mol. The minimum atomic E-state index is -0.270. The SMILES string of the molecule is CC[C@@H](C)N(CC(=O)N(CCOC)Cc1cccn1C)C(=O)Nc1cccc(C)c1. The van der Waals surface area contributed by atoms with Gasteiger partial charge in [-0.1, -0.05) is 19.1 Å². The van der Waals surface area contributed by atoms with Crippen LogP contribution in [0.4, 0.5) is 10.5 Å². The van der Waals surface area contributed by atoms with Crippen LogP contribution in [0, 0.1) is 6.92 Å². The lowest BCUT2D eigenvalue weighted by atomic mass is 10.2. The summed E-state index contributed by atoms with van der Waals surface area (Å²) in [4.78, 5) is 29.5. The first-order valence-electron chi connectivity index (χ1n) is 10.4. The van der Waals surface area contributed by atoms with Crippen LogP contribution in [0.15, 0.2) is 42.6 Å². The Balaban J connectivity index is 2.14. The topological polar surface area (TPSA) is 66.8 Å².